The van der Waals surface area contributed by atoms with Crippen LogP contribution in [-0.2, 0) is 6.42 Å². The Bertz CT molecular complexity index is 792. The molecule has 1 atom stereocenters. The number of amides is 1. The molecule has 1 aliphatic heterocycles. The first kappa shape index (κ1) is 16.7. The maximum atomic E-state index is 12.4. The third kappa shape index (κ3) is 3.19. The molecule has 6 heteroatoms. The van der Waals surface area contributed by atoms with Crippen molar-refractivity contribution in [2.24, 2.45) is 4.99 Å². The van der Waals surface area contributed by atoms with Crippen LogP contribution in [-0.4, -0.2) is 61.4 Å². The topological polar surface area (TPSA) is 61.1 Å². The Morgan fingerprint density at radius 2 is 1.92 bits per heavy atom. The summed E-state index contributed by atoms with van der Waals surface area (Å²) in [6.45, 7) is 3.79. The molecule has 1 aromatic heterocycles. The normalized spacial score (nSPS) is 19.7. The molecule has 0 radical (unpaired) electrons. The fourth-order valence-corrected chi connectivity index (χ4v) is 3.77. The molecular weight excluding hydrogens is 328 g/mol. The van der Waals surface area contributed by atoms with Gasteiger partial charge in [-0.25, -0.2) is 0 Å². The third-order valence-corrected chi connectivity index (χ3v) is 5.28. The minimum Gasteiger partial charge on any atom is -0.459 e. The van der Waals surface area contributed by atoms with Crippen molar-refractivity contribution in [3.05, 3.63) is 59.5 Å². The summed E-state index contributed by atoms with van der Waals surface area (Å²) in [6.07, 6.45) is 2.67. The molecule has 1 unspecified atom stereocenters. The predicted octanol–water partition coefficient (Wildman–Crippen LogP) is 1.95. The van der Waals surface area contributed by atoms with Gasteiger partial charge in [0.05, 0.1) is 6.26 Å². The van der Waals surface area contributed by atoms with Gasteiger partial charge < -0.3 is 19.5 Å². The average molecular weight is 352 g/mol. The van der Waals surface area contributed by atoms with Crippen LogP contribution in [0.15, 0.2) is 52.1 Å². The molecule has 136 valence electrons. The van der Waals surface area contributed by atoms with E-state index in [2.05, 4.69) is 39.5 Å². The number of benzene rings is 1. The molecule has 1 amide bonds. The van der Waals surface area contributed by atoms with E-state index in [0.29, 0.717) is 24.8 Å². The van der Waals surface area contributed by atoms with Crippen molar-refractivity contribution < 1.29 is 9.21 Å². The van der Waals surface area contributed by atoms with Crippen LogP contribution in [0.2, 0.25) is 0 Å². The summed E-state index contributed by atoms with van der Waals surface area (Å²) in [4.78, 5) is 20.8. The number of aliphatic imine (C=N–C) groups is 1. The summed E-state index contributed by atoms with van der Waals surface area (Å²) in [5, 5.41) is 3.51. The minimum absolute atomic E-state index is 0.0383. The first-order chi connectivity index (χ1) is 12.8. The van der Waals surface area contributed by atoms with Crippen molar-refractivity contribution in [2.45, 2.75) is 12.3 Å². The van der Waals surface area contributed by atoms with Crippen LogP contribution in [0.1, 0.15) is 27.6 Å². The molecule has 26 heavy (non-hydrogen) atoms. The number of piperazine rings is 1. The first-order valence-electron chi connectivity index (χ1n) is 9.12. The fourth-order valence-electron chi connectivity index (χ4n) is 3.77. The number of carbonyl (C=O) groups excluding carboxylic acids is 1. The number of hydrogen-bond acceptors (Lipinski definition) is 3. The molecule has 2 aliphatic rings. The van der Waals surface area contributed by atoms with E-state index in [1.54, 1.807) is 12.1 Å². The second-order valence-corrected chi connectivity index (χ2v) is 6.78. The molecule has 2 heterocycles. The number of nitrogens with one attached hydrogen (secondary N) is 1. The molecule has 0 spiro atoms. The van der Waals surface area contributed by atoms with Crippen molar-refractivity contribution in [3.8, 4) is 0 Å². The molecule has 1 N–H and O–H groups in total. The van der Waals surface area contributed by atoms with E-state index in [4.69, 9.17) is 4.42 Å². The summed E-state index contributed by atoms with van der Waals surface area (Å²) >= 11 is 0. The van der Waals surface area contributed by atoms with Crippen LogP contribution in [0.25, 0.3) is 0 Å². The Hall–Kier alpha value is -2.76. The third-order valence-electron chi connectivity index (χ3n) is 5.28. The molecule has 1 fully saturated rings. The van der Waals surface area contributed by atoms with E-state index in [1.807, 2.05) is 11.9 Å². The second kappa shape index (κ2) is 7.23. The summed E-state index contributed by atoms with van der Waals surface area (Å²) in [7, 11) is 1.82. The maximum Gasteiger partial charge on any atom is 0.289 e. The van der Waals surface area contributed by atoms with Gasteiger partial charge in [-0.05, 0) is 29.7 Å². The van der Waals surface area contributed by atoms with Gasteiger partial charge >= 0.3 is 0 Å². The molecule has 2 aromatic rings. The lowest BCUT2D eigenvalue weighted by molar-refractivity contribution is 0.0657. The molecule has 1 aliphatic carbocycles. The van der Waals surface area contributed by atoms with Crippen LogP contribution in [0.3, 0.4) is 0 Å². The molecule has 6 nitrogen and oxygen atoms in total. The zero-order chi connectivity index (χ0) is 17.9. The fraction of sp³-hybridized carbons (Fsp3) is 0.400. The maximum absolute atomic E-state index is 12.4. The van der Waals surface area contributed by atoms with Crippen LogP contribution >= 0.6 is 0 Å². The molecule has 1 saturated heterocycles. The number of rotatable bonds is 3. The number of hydrogen-bond donors (Lipinski definition) is 1. The lowest BCUT2D eigenvalue weighted by Gasteiger charge is -2.37. The first-order valence-corrected chi connectivity index (χ1v) is 9.12. The van der Waals surface area contributed by atoms with Gasteiger partial charge in [0.1, 0.15) is 0 Å². The van der Waals surface area contributed by atoms with Crippen molar-refractivity contribution in [2.75, 3.05) is 39.8 Å². The largest absolute Gasteiger partial charge is 0.459 e. The lowest BCUT2D eigenvalue weighted by Crippen LogP contribution is -2.54. The second-order valence-electron chi connectivity index (χ2n) is 6.78. The minimum atomic E-state index is -0.0383. The number of carbonyl (C=O) groups is 1. The van der Waals surface area contributed by atoms with Gasteiger partial charge in [-0.1, -0.05) is 24.3 Å². The number of nitrogens with zero attached hydrogens (tertiary/aromatic N) is 3. The molecule has 0 saturated carbocycles. The molecule has 4 rings (SSSR count). The van der Waals surface area contributed by atoms with Crippen LogP contribution < -0.4 is 5.32 Å². The highest BCUT2D eigenvalue weighted by Gasteiger charge is 2.28. The van der Waals surface area contributed by atoms with Gasteiger partial charge in [0.15, 0.2) is 11.7 Å². The average Bonchev–Trinajstić information content (AvgIpc) is 3.20. The van der Waals surface area contributed by atoms with Crippen LogP contribution in [0, 0.1) is 0 Å². The number of guanidine groups is 1. The van der Waals surface area contributed by atoms with Gasteiger partial charge in [-0.3, -0.25) is 9.79 Å². The predicted molar refractivity (Wildman–Crippen MR) is 100 cm³/mol. The zero-order valence-electron chi connectivity index (χ0n) is 15.0. The van der Waals surface area contributed by atoms with Gasteiger partial charge in [0.25, 0.3) is 5.91 Å². The van der Waals surface area contributed by atoms with Crippen molar-refractivity contribution in [3.63, 3.8) is 0 Å². The van der Waals surface area contributed by atoms with Crippen LogP contribution in [0.4, 0.5) is 0 Å². The van der Waals surface area contributed by atoms with E-state index in [-0.39, 0.29) is 5.91 Å². The van der Waals surface area contributed by atoms with E-state index in [0.717, 1.165) is 32.0 Å². The van der Waals surface area contributed by atoms with Crippen molar-refractivity contribution in [1.29, 1.82) is 0 Å². The van der Waals surface area contributed by atoms with Crippen molar-refractivity contribution >= 4 is 11.9 Å². The molecule has 1 aromatic carbocycles. The summed E-state index contributed by atoms with van der Waals surface area (Å²) in [5.41, 5.74) is 2.91. The molecule has 0 bridgehead atoms. The Morgan fingerprint density at radius 1 is 1.15 bits per heavy atom. The summed E-state index contributed by atoms with van der Waals surface area (Å²) in [5.74, 6) is 1.84. The number of fused-ring (bicyclic) bond motifs is 1. The highest BCUT2D eigenvalue weighted by Crippen LogP contribution is 2.34. The van der Waals surface area contributed by atoms with Crippen LogP contribution in [0.5, 0.6) is 0 Å². The summed E-state index contributed by atoms with van der Waals surface area (Å²) < 4.78 is 5.22. The monoisotopic (exact) mass is 352 g/mol. The van der Waals surface area contributed by atoms with E-state index in [9.17, 15) is 4.79 Å². The zero-order valence-corrected chi connectivity index (χ0v) is 15.0. The summed E-state index contributed by atoms with van der Waals surface area (Å²) in [6, 6.07) is 12.1. The SMILES string of the molecule is CN=C(NCC1Cc2ccccc21)N1CCN(C(=O)c2ccco2)CC1. The highest BCUT2D eigenvalue weighted by molar-refractivity contribution is 5.91. The Balaban J connectivity index is 1.28. The van der Waals surface area contributed by atoms with Gasteiger partial charge in [-0.15, -0.1) is 0 Å². The van der Waals surface area contributed by atoms with E-state index < -0.39 is 0 Å². The van der Waals surface area contributed by atoms with E-state index in [1.165, 1.54) is 17.4 Å². The highest BCUT2D eigenvalue weighted by atomic mass is 16.3. The quantitative estimate of drug-likeness (QED) is 0.678. The molecular formula is C20H24N4O2. The Morgan fingerprint density at radius 3 is 2.62 bits per heavy atom. The smallest absolute Gasteiger partial charge is 0.289 e. The van der Waals surface area contributed by atoms with Gasteiger partial charge in [0, 0.05) is 45.7 Å². The standard InChI is InChI=1S/C20H24N4O2/c1-21-20(22-14-16-13-15-5-2-3-6-17(15)16)24-10-8-23(9-11-24)19(25)18-7-4-12-26-18/h2-7,12,16H,8-11,13-14H2,1H3,(H,21,22). The van der Waals surface area contributed by atoms with Crippen molar-refractivity contribution in [1.82, 2.24) is 15.1 Å². The lowest BCUT2D eigenvalue weighted by atomic mass is 9.78. The van der Waals surface area contributed by atoms with E-state index >= 15 is 0 Å². The van der Waals surface area contributed by atoms with Gasteiger partial charge in [0.2, 0.25) is 0 Å². The number of furan rings is 1. The Kier molecular flexibility index (Phi) is 4.65. The van der Waals surface area contributed by atoms with Gasteiger partial charge in [-0.2, -0.15) is 0 Å². The Labute approximate surface area is 153 Å².